The smallest absolute Gasteiger partial charge is 0.286 e. The minimum Gasteiger partial charge on any atom is -0.465 e. The highest BCUT2D eigenvalue weighted by molar-refractivity contribution is 7.15. The van der Waals surface area contributed by atoms with Crippen molar-refractivity contribution in [1.29, 1.82) is 0 Å². The lowest BCUT2D eigenvalue weighted by Gasteiger charge is -2.31. The Bertz CT molecular complexity index is 1160. The number of likely N-dealkylation sites (tertiary alicyclic amines) is 1. The van der Waals surface area contributed by atoms with Gasteiger partial charge in [-0.3, -0.25) is 14.4 Å². The summed E-state index contributed by atoms with van der Waals surface area (Å²) in [6.45, 7) is 2.89. The summed E-state index contributed by atoms with van der Waals surface area (Å²) >= 11 is 0.872. The summed E-state index contributed by atoms with van der Waals surface area (Å²) in [6, 6.07) is 8.94. The maximum Gasteiger partial charge on any atom is 0.286 e. The molecule has 1 aromatic carbocycles. The average molecular weight is 472 g/mol. The van der Waals surface area contributed by atoms with Gasteiger partial charge >= 0.3 is 0 Å². The second-order valence-corrected chi connectivity index (χ2v) is 8.67. The van der Waals surface area contributed by atoms with Gasteiger partial charge in [0.1, 0.15) is 17.3 Å². The first-order chi connectivity index (χ1) is 15.9. The second-order valence-electron chi connectivity index (χ2n) is 7.69. The number of hydrogen-bond acceptors (Lipinski definition) is 7. The van der Waals surface area contributed by atoms with E-state index in [1.165, 1.54) is 24.3 Å². The molecular formula is C22H22FN5O4S. The molecule has 0 spiro atoms. The van der Waals surface area contributed by atoms with Crippen molar-refractivity contribution in [1.82, 2.24) is 20.4 Å². The van der Waals surface area contributed by atoms with Gasteiger partial charge in [-0.25, -0.2) is 4.39 Å². The average Bonchev–Trinajstić information content (AvgIpc) is 3.48. The van der Waals surface area contributed by atoms with Crippen molar-refractivity contribution in [3.63, 3.8) is 0 Å². The van der Waals surface area contributed by atoms with E-state index >= 15 is 0 Å². The zero-order valence-corrected chi connectivity index (χ0v) is 18.7. The maximum absolute atomic E-state index is 13.0. The normalized spacial score (nSPS) is 15.8. The SMILES string of the molecule is Cc1ccc(CNC(=O)[C@H]2CCCN(C(=O)c3nnc(C(=O)Nc4ccc(F)cc4)s3)C2)o1. The van der Waals surface area contributed by atoms with Gasteiger partial charge in [0.15, 0.2) is 0 Å². The van der Waals surface area contributed by atoms with Crippen LogP contribution in [-0.4, -0.2) is 45.9 Å². The molecule has 33 heavy (non-hydrogen) atoms. The molecule has 3 heterocycles. The molecule has 3 amide bonds. The summed E-state index contributed by atoms with van der Waals surface area (Å²) in [7, 11) is 0. The summed E-state index contributed by atoms with van der Waals surface area (Å²) in [5, 5.41) is 13.2. The fourth-order valence-electron chi connectivity index (χ4n) is 3.53. The minimum atomic E-state index is -0.540. The van der Waals surface area contributed by atoms with Crippen molar-refractivity contribution in [3.8, 4) is 0 Å². The van der Waals surface area contributed by atoms with E-state index in [9.17, 15) is 18.8 Å². The van der Waals surface area contributed by atoms with Gasteiger partial charge < -0.3 is 20.0 Å². The van der Waals surface area contributed by atoms with Gasteiger partial charge in [-0.2, -0.15) is 0 Å². The van der Waals surface area contributed by atoms with Gasteiger partial charge in [0.2, 0.25) is 15.9 Å². The number of hydrogen-bond donors (Lipinski definition) is 2. The van der Waals surface area contributed by atoms with Gasteiger partial charge in [-0.1, -0.05) is 11.3 Å². The van der Waals surface area contributed by atoms with E-state index in [1.54, 1.807) is 4.90 Å². The molecule has 2 aromatic heterocycles. The molecule has 1 fully saturated rings. The highest BCUT2D eigenvalue weighted by Gasteiger charge is 2.31. The number of halogens is 1. The van der Waals surface area contributed by atoms with E-state index in [2.05, 4.69) is 20.8 Å². The third-order valence-electron chi connectivity index (χ3n) is 5.22. The first kappa shape index (κ1) is 22.6. The van der Waals surface area contributed by atoms with Crippen LogP contribution in [0, 0.1) is 18.7 Å². The molecule has 11 heteroatoms. The van der Waals surface area contributed by atoms with Crippen LogP contribution < -0.4 is 10.6 Å². The highest BCUT2D eigenvalue weighted by Crippen LogP contribution is 2.21. The molecule has 3 aromatic rings. The lowest BCUT2D eigenvalue weighted by molar-refractivity contribution is -0.126. The first-order valence-corrected chi connectivity index (χ1v) is 11.2. The van der Waals surface area contributed by atoms with Crippen molar-refractivity contribution in [2.24, 2.45) is 5.92 Å². The van der Waals surface area contributed by atoms with E-state index in [0.29, 0.717) is 37.4 Å². The molecule has 0 unspecified atom stereocenters. The van der Waals surface area contributed by atoms with Crippen molar-refractivity contribution in [2.75, 3.05) is 18.4 Å². The lowest BCUT2D eigenvalue weighted by atomic mass is 9.97. The number of aryl methyl sites for hydroxylation is 1. The van der Waals surface area contributed by atoms with Crippen LogP contribution in [0.1, 0.15) is 44.0 Å². The molecule has 1 aliphatic heterocycles. The van der Waals surface area contributed by atoms with Crippen LogP contribution in [0.5, 0.6) is 0 Å². The van der Waals surface area contributed by atoms with E-state index in [1.807, 2.05) is 19.1 Å². The topological polar surface area (TPSA) is 117 Å². The Hall–Kier alpha value is -3.60. The number of nitrogens with one attached hydrogen (secondary N) is 2. The van der Waals surface area contributed by atoms with Crippen molar-refractivity contribution in [2.45, 2.75) is 26.3 Å². The summed E-state index contributed by atoms with van der Waals surface area (Å²) in [5.74, 6) is -0.358. The molecule has 0 aliphatic carbocycles. The molecule has 0 bridgehead atoms. The molecule has 1 saturated heterocycles. The molecule has 1 atom stereocenters. The number of benzene rings is 1. The number of piperidine rings is 1. The molecule has 9 nitrogen and oxygen atoms in total. The van der Waals surface area contributed by atoms with E-state index in [4.69, 9.17) is 4.42 Å². The Morgan fingerprint density at radius 3 is 2.64 bits per heavy atom. The molecule has 1 aliphatic rings. The zero-order valence-electron chi connectivity index (χ0n) is 17.8. The summed E-state index contributed by atoms with van der Waals surface area (Å²) in [4.78, 5) is 39.4. The molecule has 4 rings (SSSR count). The summed E-state index contributed by atoms with van der Waals surface area (Å²) < 4.78 is 18.5. The third kappa shape index (κ3) is 5.61. The van der Waals surface area contributed by atoms with Crippen LogP contribution in [0.4, 0.5) is 10.1 Å². The predicted molar refractivity (Wildman–Crippen MR) is 118 cm³/mol. The number of anilines is 1. The predicted octanol–water partition coefficient (Wildman–Crippen LogP) is 3.00. The summed E-state index contributed by atoms with van der Waals surface area (Å²) in [5.41, 5.74) is 0.402. The fourth-order valence-corrected chi connectivity index (χ4v) is 4.24. The Balaban J connectivity index is 1.33. The number of carbonyl (C=O) groups is 3. The molecule has 172 valence electrons. The molecule has 0 radical (unpaired) electrons. The van der Waals surface area contributed by atoms with Crippen LogP contribution in [0.2, 0.25) is 0 Å². The number of carbonyl (C=O) groups excluding carboxylic acids is 3. The summed E-state index contributed by atoms with van der Waals surface area (Å²) in [6.07, 6.45) is 1.36. The Kier molecular flexibility index (Phi) is 6.78. The van der Waals surface area contributed by atoms with Crippen molar-refractivity contribution in [3.05, 3.63) is 63.8 Å². The molecule has 2 N–H and O–H groups in total. The van der Waals surface area contributed by atoms with Crippen LogP contribution >= 0.6 is 11.3 Å². The van der Waals surface area contributed by atoms with Crippen molar-refractivity contribution >= 4 is 34.7 Å². The Morgan fingerprint density at radius 2 is 1.91 bits per heavy atom. The fraction of sp³-hybridized carbons (Fsp3) is 0.318. The van der Waals surface area contributed by atoms with Crippen LogP contribution in [0.25, 0.3) is 0 Å². The third-order valence-corrected chi connectivity index (χ3v) is 6.13. The molecule has 0 saturated carbocycles. The quantitative estimate of drug-likeness (QED) is 0.571. The minimum absolute atomic E-state index is 0.0164. The number of amides is 3. The van der Waals surface area contributed by atoms with E-state index < -0.39 is 11.7 Å². The van der Waals surface area contributed by atoms with E-state index in [-0.39, 0.29) is 34.3 Å². The van der Waals surface area contributed by atoms with Crippen LogP contribution in [0.3, 0.4) is 0 Å². The monoisotopic (exact) mass is 471 g/mol. The first-order valence-electron chi connectivity index (χ1n) is 10.4. The van der Waals surface area contributed by atoms with Gasteiger partial charge in [-0.05, 0) is 56.2 Å². The largest absolute Gasteiger partial charge is 0.465 e. The molecular weight excluding hydrogens is 449 g/mol. The van der Waals surface area contributed by atoms with Gasteiger partial charge in [0.05, 0.1) is 12.5 Å². The van der Waals surface area contributed by atoms with Gasteiger partial charge in [0, 0.05) is 18.8 Å². The second kappa shape index (κ2) is 9.90. The highest BCUT2D eigenvalue weighted by atomic mass is 32.1. The van der Waals surface area contributed by atoms with E-state index in [0.717, 1.165) is 17.1 Å². The number of aromatic nitrogens is 2. The Labute approximate surface area is 193 Å². The van der Waals surface area contributed by atoms with Gasteiger partial charge in [-0.15, -0.1) is 10.2 Å². The Morgan fingerprint density at radius 1 is 1.15 bits per heavy atom. The van der Waals surface area contributed by atoms with Crippen LogP contribution in [-0.2, 0) is 11.3 Å². The number of furan rings is 1. The standard InChI is InChI=1S/C22H22FN5O4S/c1-13-4-9-17(32-13)11-24-18(29)14-3-2-10-28(12-14)22(31)21-27-26-20(33-21)19(30)25-16-7-5-15(23)6-8-16/h4-9,14H,2-3,10-12H2,1H3,(H,24,29)(H,25,30)/t14-/m0/s1. The number of rotatable bonds is 6. The lowest BCUT2D eigenvalue weighted by Crippen LogP contribution is -2.45. The van der Waals surface area contributed by atoms with Crippen molar-refractivity contribution < 1.29 is 23.2 Å². The zero-order chi connectivity index (χ0) is 23.4. The van der Waals surface area contributed by atoms with Gasteiger partial charge in [0.25, 0.3) is 11.8 Å². The number of nitrogens with zero attached hydrogens (tertiary/aromatic N) is 3. The van der Waals surface area contributed by atoms with Crippen LogP contribution in [0.15, 0.2) is 40.8 Å². The maximum atomic E-state index is 13.0.